The smallest absolute Gasteiger partial charge is 0.229 e. The molecule has 2 fully saturated rings. The lowest BCUT2D eigenvalue weighted by Gasteiger charge is -2.22. The molecular weight excluding hydrogens is 230 g/mol. The van der Waals surface area contributed by atoms with Gasteiger partial charge in [-0.05, 0) is 25.7 Å². The maximum Gasteiger partial charge on any atom is 0.229 e. The van der Waals surface area contributed by atoms with Crippen LogP contribution in [0.25, 0.3) is 0 Å². The van der Waals surface area contributed by atoms with E-state index in [1.165, 1.54) is 0 Å². The lowest BCUT2D eigenvalue weighted by atomic mass is 10.2. The van der Waals surface area contributed by atoms with Gasteiger partial charge in [-0.15, -0.1) is 0 Å². The lowest BCUT2D eigenvalue weighted by molar-refractivity contribution is -0.133. The number of aromatic nitrogens is 2. The second kappa shape index (κ2) is 4.37. The van der Waals surface area contributed by atoms with E-state index in [-0.39, 0.29) is 23.8 Å². The minimum atomic E-state index is 0.0364. The summed E-state index contributed by atoms with van der Waals surface area (Å²) in [7, 11) is 0. The zero-order valence-electron chi connectivity index (χ0n) is 10.9. The molecule has 0 bridgehead atoms. The third kappa shape index (κ3) is 2.02. The van der Waals surface area contributed by atoms with Crippen LogP contribution in [0.2, 0.25) is 0 Å². The van der Waals surface area contributed by atoms with E-state index < -0.39 is 0 Å². The van der Waals surface area contributed by atoms with Crippen molar-refractivity contribution in [3.8, 4) is 0 Å². The summed E-state index contributed by atoms with van der Waals surface area (Å²) in [5.41, 5.74) is 0. The molecule has 0 aromatic carbocycles. The molecule has 1 aromatic rings. The van der Waals surface area contributed by atoms with Crippen LogP contribution in [0.15, 0.2) is 4.52 Å². The van der Waals surface area contributed by atoms with Crippen molar-refractivity contribution in [2.24, 2.45) is 5.92 Å². The number of carbonyl (C=O) groups is 1. The van der Waals surface area contributed by atoms with E-state index in [0.29, 0.717) is 11.7 Å². The third-order valence-electron chi connectivity index (χ3n) is 3.71. The summed E-state index contributed by atoms with van der Waals surface area (Å²) >= 11 is 0. The van der Waals surface area contributed by atoms with Crippen molar-refractivity contribution in [1.29, 1.82) is 0 Å². The Labute approximate surface area is 107 Å². The molecule has 1 saturated heterocycles. The first-order valence-electron chi connectivity index (χ1n) is 6.81. The molecule has 0 N–H and O–H groups in total. The highest BCUT2D eigenvalue weighted by atomic mass is 16.5. The SMILES string of the molecule is CC(C)c1nc(C2CCCN2C(=O)C2CC2)no1. The van der Waals surface area contributed by atoms with Crippen LogP contribution in [0.5, 0.6) is 0 Å². The first-order chi connectivity index (χ1) is 8.66. The molecule has 5 nitrogen and oxygen atoms in total. The number of hydrogen-bond donors (Lipinski definition) is 0. The van der Waals surface area contributed by atoms with Crippen LogP contribution in [-0.4, -0.2) is 27.5 Å². The van der Waals surface area contributed by atoms with E-state index in [2.05, 4.69) is 10.1 Å². The Balaban J connectivity index is 1.78. The van der Waals surface area contributed by atoms with E-state index in [9.17, 15) is 4.79 Å². The fourth-order valence-electron chi connectivity index (χ4n) is 2.48. The molecule has 1 aromatic heterocycles. The Hall–Kier alpha value is -1.39. The highest BCUT2D eigenvalue weighted by Gasteiger charge is 2.40. The van der Waals surface area contributed by atoms with Gasteiger partial charge in [-0.2, -0.15) is 4.98 Å². The van der Waals surface area contributed by atoms with Crippen molar-refractivity contribution < 1.29 is 9.32 Å². The maximum absolute atomic E-state index is 12.2. The molecule has 1 atom stereocenters. The van der Waals surface area contributed by atoms with Crippen molar-refractivity contribution in [2.45, 2.75) is 51.5 Å². The predicted octanol–water partition coefficient (Wildman–Crippen LogP) is 2.27. The summed E-state index contributed by atoms with van der Waals surface area (Å²) in [6, 6.07) is 0.0364. The van der Waals surface area contributed by atoms with Crippen LogP contribution in [-0.2, 0) is 4.79 Å². The molecule has 0 radical (unpaired) electrons. The van der Waals surface area contributed by atoms with Crippen LogP contribution in [0.3, 0.4) is 0 Å². The molecule has 0 spiro atoms. The molecule has 3 rings (SSSR count). The number of likely N-dealkylation sites (tertiary alicyclic amines) is 1. The van der Waals surface area contributed by atoms with E-state index >= 15 is 0 Å². The summed E-state index contributed by atoms with van der Waals surface area (Å²) in [6.45, 7) is 4.89. The molecule has 1 aliphatic heterocycles. The highest BCUT2D eigenvalue weighted by Crippen LogP contribution is 2.38. The van der Waals surface area contributed by atoms with Gasteiger partial charge >= 0.3 is 0 Å². The minimum absolute atomic E-state index is 0.0364. The summed E-state index contributed by atoms with van der Waals surface area (Å²) < 4.78 is 5.24. The van der Waals surface area contributed by atoms with Gasteiger partial charge in [-0.3, -0.25) is 4.79 Å². The van der Waals surface area contributed by atoms with E-state index in [1.54, 1.807) is 0 Å². The van der Waals surface area contributed by atoms with Gasteiger partial charge in [0, 0.05) is 18.4 Å². The fraction of sp³-hybridized carbons (Fsp3) is 0.769. The number of nitrogens with zero attached hydrogens (tertiary/aromatic N) is 3. The Morgan fingerprint density at radius 3 is 2.78 bits per heavy atom. The molecule has 1 unspecified atom stereocenters. The number of amides is 1. The van der Waals surface area contributed by atoms with Crippen LogP contribution in [0.1, 0.15) is 63.2 Å². The first kappa shape index (κ1) is 11.7. The van der Waals surface area contributed by atoms with Crippen LogP contribution in [0.4, 0.5) is 0 Å². The van der Waals surface area contributed by atoms with Gasteiger partial charge < -0.3 is 9.42 Å². The topological polar surface area (TPSA) is 59.2 Å². The Kier molecular flexibility index (Phi) is 2.84. The fourth-order valence-corrected chi connectivity index (χ4v) is 2.48. The van der Waals surface area contributed by atoms with Crippen molar-refractivity contribution in [3.05, 3.63) is 11.7 Å². The number of hydrogen-bond acceptors (Lipinski definition) is 4. The molecule has 1 aliphatic carbocycles. The van der Waals surface area contributed by atoms with Crippen molar-refractivity contribution >= 4 is 5.91 Å². The van der Waals surface area contributed by atoms with Gasteiger partial charge in [0.15, 0.2) is 5.82 Å². The van der Waals surface area contributed by atoms with Crippen molar-refractivity contribution in [1.82, 2.24) is 15.0 Å². The molecule has 1 amide bonds. The maximum atomic E-state index is 12.2. The van der Waals surface area contributed by atoms with Crippen molar-refractivity contribution in [3.63, 3.8) is 0 Å². The van der Waals surface area contributed by atoms with E-state index in [4.69, 9.17) is 4.52 Å². The molecule has 2 heterocycles. The molecule has 1 saturated carbocycles. The highest BCUT2D eigenvalue weighted by molar-refractivity contribution is 5.81. The second-order valence-corrected chi connectivity index (χ2v) is 5.61. The normalized spacial score (nSPS) is 23.9. The van der Waals surface area contributed by atoms with Crippen LogP contribution >= 0.6 is 0 Å². The third-order valence-corrected chi connectivity index (χ3v) is 3.71. The van der Waals surface area contributed by atoms with Crippen LogP contribution < -0.4 is 0 Å². The summed E-state index contributed by atoms with van der Waals surface area (Å²) in [5.74, 6) is 2.14. The Morgan fingerprint density at radius 2 is 2.17 bits per heavy atom. The average molecular weight is 249 g/mol. The van der Waals surface area contributed by atoms with Gasteiger partial charge in [-0.25, -0.2) is 0 Å². The summed E-state index contributed by atoms with van der Waals surface area (Å²) in [6.07, 6.45) is 4.08. The molecular formula is C13H19N3O2. The Morgan fingerprint density at radius 1 is 1.39 bits per heavy atom. The zero-order valence-corrected chi connectivity index (χ0v) is 10.9. The predicted molar refractivity (Wildman–Crippen MR) is 64.8 cm³/mol. The number of carbonyl (C=O) groups excluding carboxylic acids is 1. The minimum Gasteiger partial charge on any atom is -0.339 e. The summed E-state index contributed by atoms with van der Waals surface area (Å²) in [4.78, 5) is 18.6. The van der Waals surface area contributed by atoms with E-state index in [1.807, 2.05) is 18.7 Å². The molecule has 18 heavy (non-hydrogen) atoms. The van der Waals surface area contributed by atoms with E-state index in [0.717, 1.165) is 32.2 Å². The first-order valence-corrected chi connectivity index (χ1v) is 6.81. The Bertz CT molecular complexity index is 451. The largest absolute Gasteiger partial charge is 0.339 e. The van der Waals surface area contributed by atoms with Gasteiger partial charge in [0.2, 0.25) is 11.8 Å². The zero-order chi connectivity index (χ0) is 12.7. The van der Waals surface area contributed by atoms with Crippen molar-refractivity contribution in [2.75, 3.05) is 6.54 Å². The monoisotopic (exact) mass is 249 g/mol. The molecule has 98 valence electrons. The van der Waals surface area contributed by atoms with Gasteiger partial charge in [0.1, 0.15) is 0 Å². The lowest BCUT2D eigenvalue weighted by Crippen LogP contribution is -2.32. The standard InChI is InChI=1S/C13H19N3O2/c1-8(2)12-14-11(15-18-12)10-4-3-7-16(10)13(17)9-5-6-9/h8-10H,3-7H2,1-2H3. The van der Waals surface area contributed by atoms with Gasteiger partial charge in [-0.1, -0.05) is 19.0 Å². The van der Waals surface area contributed by atoms with Gasteiger partial charge in [0.25, 0.3) is 0 Å². The molecule has 2 aliphatic rings. The van der Waals surface area contributed by atoms with Crippen LogP contribution in [0, 0.1) is 5.92 Å². The number of rotatable bonds is 3. The molecule has 5 heteroatoms. The van der Waals surface area contributed by atoms with Gasteiger partial charge in [0.05, 0.1) is 6.04 Å². The quantitative estimate of drug-likeness (QED) is 0.824. The average Bonchev–Trinajstić information content (AvgIpc) is 2.90. The summed E-state index contributed by atoms with van der Waals surface area (Å²) in [5, 5.41) is 4.05. The second-order valence-electron chi connectivity index (χ2n) is 5.61.